The zero-order valence-electron chi connectivity index (χ0n) is 17.6. The van der Waals surface area contributed by atoms with Gasteiger partial charge in [0.1, 0.15) is 11.6 Å². The number of carbonyl (C=O) groups excluding carboxylic acids is 1. The van der Waals surface area contributed by atoms with E-state index < -0.39 is 0 Å². The Labute approximate surface area is 168 Å². The van der Waals surface area contributed by atoms with Gasteiger partial charge in [0.2, 0.25) is 5.91 Å². The van der Waals surface area contributed by atoms with Gasteiger partial charge in [-0.3, -0.25) is 9.69 Å². The van der Waals surface area contributed by atoms with Gasteiger partial charge in [0.15, 0.2) is 0 Å². The molecule has 150 valence electrons. The summed E-state index contributed by atoms with van der Waals surface area (Å²) in [6.07, 6.45) is 0. The Morgan fingerprint density at radius 1 is 1.11 bits per heavy atom. The summed E-state index contributed by atoms with van der Waals surface area (Å²) in [5.74, 6) is 2.25. The predicted octanol–water partition coefficient (Wildman–Crippen LogP) is 3.29. The molecule has 1 N–H and O–H groups in total. The quantitative estimate of drug-likeness (QED) is 0.861. The van der Waals surface area contributed by atoms with E-state index in [1.165, 1.54) is 5.56 Å². The summed E-state index contributed by atoms with van der Waals surface area (Å²) in [4.78, 5) is 26.2. The molecule has 0 aliphatic carbocycles. The molecular formula is C22H31N5O. The molecule has 1 aromatic carbocycles. The maximum Gasteiger partial charge on any atom is 0.238 e. The fourth-order valence-corrected chi connectivity index (χ4v) is 3.41. The smallest absolute Gasteiger partial charge is 0.238 e. The number of nitrogens with one attached hydrogen (secondary N) is 1. The molecule has 1 aliphatic rings. The third-order valence-corrected chi connectivity index (χ3v) is 5.32. The molecule has 1 aliphatic heterocycles. The molecule has 2 aromatic rings. The van der Waals surface area contributed by atoms with Crippen LogP contribution in [0.25, 0.3) is 0 Å². The van der Waals surface area contributed by atoms with E-state index >= 15 is 0 Å². The van der Waals surface area contributed by atoms with Crippen molar-refractivity contribution < 1.29 is 4.79 Å². The number of aryl methyl sites for hydroxylation is 2. The number of anilines is 2. The zero-order chi connectivity index (χ0) is 20.3. The number of hydrogen-bond donors (Lipinski definition) is 1. The summed E-state index contributed by atoms with van der Waals surface area (Å²) in [5, 5.41) is 3.05. The summed E-state index contributed by atoms with van der Waals surface area (Å²) in [5.41, 5.74) is 4.22. The van der Waals surface area contributed by atoms with Crippen LogP contribution in [-0.4, -0.2) is 53.5 Å². The van der Waals surface area contributed by atoms with Crippen LogP contribution in [-0.2, 0) is 4.79 Å². The van der Waals surface area contributed by atoms with E-state index in [4.69, 9.17) is 4.98 Å². The fraction of sp³-hybridized carbons (Fsp3) is 0.500. The zero-order valence-corrected chi connectivity index (χ0v) is 17.6. The minimum atomic E-state index is 0.0436. The molecule has 0 bridgehead atoms. The highest BCUT2D eigenvalue weighted by Crippen LogP contribution is 2.20. The molecule has 2 heterocycles. The number of aromatic nitrogens is 2. The van der Waals surface area contributed by atoms with Crippen molar-refractivity contribution in [3.63, 3.8) is 0 Å². The maximum atomic E-state index is 12.5. The number of hydrogen-bond acceptors (Lipinski definition) is 5. The van der Waals surface area contributed by atoms with Crippen molar-refractivity contribution >= 4 is 17.4 Å². The van der Waals surface area contributed by atoms with Gasteiger partial charge in [0, 0.05) is 49.5 Å². The largest absolute Gasteiger partial charge is 0.354 e. The van der Waals surface area contributed by atoms with Crippen molar-refractivity contribution in [3.8, 4) is 0 Å². The van der Waals surface area contributed by atoms with Crippen molar-refractivity contribution in [3.05, 3.63) is 46.9 Å². The molecule has 6 heteroatoms. The highest BCUT2D eigenvalue weighted by Gasteiger charge is 2.21. The van der Waals surface area contributed by atoms with Gasteiger partial charge in [-0.15, -0.1) is 0 Å². The average Bonchev–Trinajstić information content (AvgIpc) is 2.65. The Morgan fingerprint density at radius 3 is 2.50 bits per heavy atom. The molecule has 0 radical (unpaired) electrons. The molecule has 6 nitrogen and oxygen atoms in total. The molecular weight excluding hydrogens is 350 g/mol. The Bertz CT molecular complexity index is 841. The lowest BCUT2D eigenvalue weighted by molar-refractivity contribution is -0.117. The number of carbonyl (C=O) groups is 1. The van der Waals surface area contributed by atoms with Crippen molar-refractivity contribution in [2.45, 2.75) is 40.5 Å². The van der Waals surface area contributed by atoms with Crippen LogP contribution in [0.4, 0.5) is 11.5 Å². The van der Waals surface area contributed by atoms with Crippen molar-refractivity contribution in [1.82, 2.24) is 14.9 Å². The second kappa shape index (κ2) is 8.69. The molecule has 0 unspecified atom stereocenters. The van der Waals surface area contributed by atoms with Crippen molar-refractivity contribution in [2.75, 3.05) is 42.9 Å². The molecule has 1 aromatic heterocycles. The first kappa shape index (κ1) is 20.3. The van der Waals surface area contributed by atoms with Gasteiger partial charge >= 0.3 is 0 Å². The summed E-state index contributed by atoms with van der Waals surface area (Å²) in [6, 6.07) is 8.05. The Morgan fingerprint density at radius 2 is 1.82 bits per heavy atom. The maximum absolute atomic E-state index is 12.5. The lowest BCUT2D eigenvalue weighted by Gasteiger charge is -2.35. The van der Waals surface area contributed by atoms with E-state index in [1.807, 2.05) is 26.0 Å². The van der Waals surface area contributed by atoms with Crippen LogP contribution in [0.1, 0.15) is 42.4 Å². The molecule has 0 saturated carbocycles. The molecule has 28 heavy (non-hydrogen) atoms. The summed E-state index contributed by atoms with van der Waals surface area (Å²) in [7, 11) is 0. The molecule has 1 saturated heterocycles. The van der Waals surface area contributed by atoms with Gasteiger partial charge in [-0.05, 0) is 38.0 Å². The SMILES string of the molecule is Cc1cc(N2CCN(CC(=O)Nc3cccc(C)c3C)CC2)nc(C(C)C)n1. The Kier molecular flexibility index (Phi) is 6.29. The first-order valence-electron chi connectivity index (χ1n) is 10.0. The monoisotopic (exact) mass is 381 g/mol. The van der Waals surface area contributed by atoms with Crippen LogP contribution in [0.5, 0.6) is 0 Å². The highest BCUT2D eigenvalue weighted by atomic mass is 16.2. The van der Waals surface area contributed by atoms with Gasteiger partial charge in [-0.1, -0.05) is 26.0 Å². The number of benzene rings is 1. The Balaban J connectivity index is 1.55. The molecule has 3 rings (SSSR count). The van der Waals surface area contributed by atoms with Crippen LogP contribution < -0.4 is 10.2 Å². The van der Waals surface area contributed by atoms with E-state index in [-0.39, 0.29) is 5.91 Å². The Hall–Kier alpha value is -2.47. The van der Waals surface area contributed by atoms with Gasteiger partial charge in [0.25, 0.3) is 0 Å². The van der Waals surface area contributed by atoms with E-state index in [0.717, 1.165) is 54.8 Å². The predicted molar refractivity (Wildman–Crippen MR) is 114 cm³/mol. The number of rotatable bonds is 5. The van der Waals surface area contributed by atoms with E-state index in [0.29, 0.717) is 12.5 Å². The van der Waals surface area contributed by atoms with E-state index in [9.17, 15) is 4.79 Å². The minimum absolute atomic E-state index is 0.0436. The van der Waals surface area contributed by atoms with Crippen molar-refractivity contribution in [2.24, 2.45) is 0 Å². The standard InChI is InChI=1S/C22H31N5O/c1-15(2)22-23-17(4)13-20(25-22)27-11-9-26(10-12-27)14-21(28)24-19-8-6-7-16(3)18(19)5/h6-8,13,15H,9-12,14H2,1-5H3,(H,24,28). The van der Waals surface area contributed by atoms with E-state index in [2.05, 4.69) is 53.0 Å². The van der Waals surface area contributed by atoms with Crippen LogP contribution in [0.2, 0.25) is 0 Å². The first-order valence-corrected chi connectivity index (χ1v) is 10.0. The van der Waals surface area contributed by atoms with Crippen LogP contribution >= 0.6 is 0 Å². The van der Waals surface area contributed by atoms with Gasteiger partial charge < -0.3 is 10.2 Å². The van der Waals surface area contributed by atoms with Crippen LogP contribution in [0.15, 0.2) is 24.3 Å². The van der Waals surface area contributed by atoms with Gasteiger partial charge in [-0.2, -0.15) is 0 Å². The van der Waals surface area contributed by atoms with E-state index in [1.54, 1.807) is 0 Å². The fourth-order valence-electron chi connectivity index (χ4n) is 3.41. The highest BCUT2D eigenvalue weighted by molar-refractivity contribution is 5.93. The second-order valence-corrected chi connectivity index (χ2v) is 7.94. The third kappa shape index (κ3) is 4.87. The topological polar surface area (TPSA) is 61.4 Å². The average molecular weight is 382 g/mol. The summed E-state index contributed by atoms with van der Waals surface area (Å²) >= 11 is 0. The van der Waals surface area contributed by atoms with Crippen LogP contribution in [0, 0.1) is 20.8 Å². The number of amides is 1. The molecule has 0 spiro atoms. The summed E-state index contributed by atoms with van der Waals surface area (Å²) in [6.45, 7) is 14.2. The molecule has 1 amide bonds. The number of nitrogens with zero attached hydrogens (tertiary/aromatic N) is 4. The lowest BCUT2D eigenvalue weighted by atomic mass is 10.1. The first-order chi connectivity index (χ1) is 13.3. The number of piperazine rings is 1. The molecule has 1 fully saturated rings. The molecule has 0 atom stereocenters. The summed E-state index contributed by atoms with van der Waals surface area (Å²) < 4.78 is 0. The van der Waals surface area contributed by atoms with Gasteiger partial charge in [-0.25, -0.2) is 9.97 Å². The van der Waals surface area contributed by atoms with Crippen LogP contribution in [0.3, 0.4) is 0 Å². The third-order valence-electron chi connectivity index (χ3n) is 5.32. The normalized spacial score (nSPS) is 15.1. The minimum Gasteiger partial charge on any atom is -0.354 e. The second-order valence-electron chi connectivity index (χ2n) is 7.94. The van der Waals surface area contributed by atoms with Crippen molar-refractivity contribution in [1.29, 1.82) is 0 Å². The lowest BCUT2D eigenvalue weighted by Crippen LogP contribution is -2.49. The van der Waals surface area contributed by atoms with Gasteiger partial charge in [0.05, 0.1) is 6.54 Å².